The van der Waals surface area contributed by atoms with E-state index in [4.69, 9.17) is 5.11 Å². The monoisotopic (exact) mass is 279 g/mol. The minimum atomic E-state index is -4.93. The molecule has 0 radical (unpaired) electrons. The molecule has 1 aromatic carbocycles. The molecule has 104 valence electrons. The van der Waals surface area contributed by atoms with Crippen molar-refractivity contribution in [3.05, 3.63) is 35.1 Å². The molecular weight excluding hydrogens is 270 g/mol. The van der Waals surface area contributed by atoms with Gasteiger partial charge < -0.3 is 10.4 Å². The van der Waals surface area contributed by atoms with Crippen molar-refractivity contribution in [1.82, 2.24) is 5.32 Å². The van der Waals surface area contributed by atoms with Crippen LogP contribution in [0.4, 0.5) is 17.6 Å². The fourth-order valence-corrected chi connectivity index (χ4v) is 1.26. The highest BCUT2D eigenvalue weighted by molar-refractivity contribution is 5.96. The molecular formula is C11H9F4NO3. The van der Waals surface area contributed by atoms with E-state index in [0.29, 0.717) is 6.07 Å². The van der Waals surface area contributed by atoms with Crippen molar-refractivity contribution in [2.24, 2.45) is 0 Å². The topological polar surface area (TPSA) is 66.4 Å². The highest BCUT2D eigenvalue weighted by Crippen LogP contribution is 2.32. The van der Waals surface area contributed by atoms with Crippen LogP contribution in [0.2, 0.25) is 0 Å². The summed E-state index contributed by atoms with van der Waals surface area (Å²) in [6, 6.07) is 0.856. The largest absolute Gasteiger partial charge is 0.480 e. The summed E-state index contributed by atoms with van der Waals surface area (Å²) in [5.41, 5.74) is -2.44. The first-order valence-electron chi connectivity index (χ1n) is 5.04. The normalized spacial score (nSPS) is 12.9. The van der Waals surface area contributed by atoms with E-state index < -0.39 is 41.0 Å². The molecule has 1 amide bonds. The third kappa shape index (κ3) is 3.43. The molecule has 0 fully saturated rings. The Labute approximate surface area is 105 Å². The van der Waals surface area contributed by atoms with Gasteiger partial charge in [0.15, 0.2) is 0 Å². The minimum absolute atomic E-state index is 0.493. The zero-order chi connectivity index (χ0) is 14.8. The Morgan fingerprint density at radius 1 is 1.32 bits per heavy atom. The van der Waals surface area contributed by atoms with Gasteiger partial charge >= 0.3 is 12.1 Å². The van der Waals surface area contributed by atoms with Crippen molar-refractivity contribution >= 4 is 11.9 Å². The number of benzene rings is 1. The van der Waals surface area contributed by atoms with Crippen molar-refractivity contribution in [3.63, 3.8) is 0 Å². The Hall–Kier alpha value is -2.12. The van der Waals surface area contributed by atoms with Gasteiger partial charge in [0.25, 0.3) is 5.91 Å². The predicted octanol–water partition coefficient (Wildman–Crippen LogP) is 2.05. The van der Waals surface area contributed by atoms with E-state index in [1.165, 1.54) is 0 Å². The molecule has 1 rings (SSSR count). The van der Waals surface area contributed by atoms with Gasteiger partial charge in [0.1, 0.15) is 11.9 Å². The second kappa shape index (κ2) is 5.25. The lowest BCUT2D eigenvalue weighted by atomic mass is 10.1. The summed E-state index contributed by atoms with van der Waals surface area (Å²) >= 11 is 0. The van der Waals surface area contributed by atoms with Gasteiger partial charge in [-0.15, -0.1) is 0 Å². The lowest BCUT2D eigenvalue weighted by molar-refractivity contribution is -0.140. The van der Waals surface area contributed by atoms with Crippen LogP contribution in [0.25, 0.3) is 0 Å². The number of carbonyl (C=O) groups is 2. The number of amides is 1. The molecule has 0 aromatic heterocycles. The maximum Gasteiger partial charge on any atom is 0.419 e. The quantitative estimate of drug-likeness (QED) is 0.832. The molecule has 0 saturated heterocycles. The number of carboxylic acid groups (broad SMARTS) is 1. The van der Waals surface area contributed by atoms with Gasteiger partial charge in [-0.05, 0) is 19.1 Å². The van der Waals surface area contributed by atoms with E-state index >= 15 is 0 Å². The second-order valence-corrected chi connectivity index (χ2v) is 3.70. The van der Waals surface area contributed by atoms with Crippen LogP contribution in [0.3, 0.4) is 0 Å². The van der Waals surface area contributed by atoms with Crippen LogP contribution in [0.15, 0.2) is 18.2 Å². The number of halogens is 4. The van der Waals surface area contributed by atoms with E-state index in [-0.39, 0.29) is 0 Å². The molecule has 0 aliphatic rings. The van der Waals surface area contributed by atoms with Crippen LogP contribution in [0.1, 0.15) is 22.8 Å². The van der Waals surface area contributed by atoms with Crippen LogP contribution in [0, 0.1) is 5.82 Å². The third-order valence-corrected chi connectivity index (χ3v) is 2.27. The SMILES string of the molecule is C[C@H](NC(=O)c1cccc(C(F)(F)F)c1F)C(=O)O. The summed E-state index contributed by atoms with van der Waals surface area (Å²) < 4.78 is 50.8. The summed E-state index contributed by atoms with van der Waals surface area (Å²) in [6.45, 7) is 1.10. The molecule has 0 heterocycles. The van der Waals surface area contributed by atoms with Crippen molar-refractivity contribution < 1.29 is 32.3 Å². The second-order valence-electron chi connectivity index (χ2n) is 3.70. The molecule has 0 aliphatic heterocycles. The summed E-state index contributed by atoms with van der Waals surface area (Å²) in [4.78, 5) is 22.0. The summed E-state index contributed by atoms with van der Waals surface area (Å²) in [5.74, 6) is -4.34. The molecule has 8 heteroatoms. The molecule has 0 saturated carbocycles. The van der Waals surface area contributed by atoms with Crippen LogP contribution in [0.5, 0.6) is 0 Å². The van der Waals surface area contributed by atoms with Crippen molar-refractivity contribution in [2.45, 2.75) is 19.1 Å². The zero-order valence-corrected chi connectivity index (χ0v) is 9.58. The van der Waals surface area contributed by atoms with Gasteiger partial charge in [-0.3, -0.25) is 9.59 Å². The number of nitrogens with one attached hydrogen (secondary N) is 1. The van der Waals surface area contributed by atoms with Gasteiger partial charge in [0, 0.05) is 0 Å². The molecule has 0 unspecified atom stereocenters. The molecule has 1 atom stereocenters. The first-order chi connectivity index (χ1) is 8.64. The highest BCUT2D eigenvalue weighted by Gasteiger charge is 2.35. The van der Waals surface area contributed by atoms with Crippen LogP contribution in [-0.2, 0) is 11.0 Å². The number of carbonyl (C=O) groups excluding carboxylic acids is 1. The van der Waals surface area contributed by atoms with Gasteiger partial charge in [-0.2, -0.15) is 13.2 Å². The standard InChI is InChI=1S/C11H9F4NO3/c1-5(10(18)19)16-9(17)6-3-2-4-7(8(6)12)11(13,14)15/h2-5H,1H3,(H,16,17)(H,18,19)/t5-/m0/s1. The van der Waals surface area contributed by atoms with Crippen molar-refractivity contribution in [1.29, 1.82) is 0 Å². The Bertz CT molecular complexity index is 513. The molecule has 0 bridgehead atoms. The molecule has 4 nitrogen and oxygen atoms in total. The van der Waals surface area contributed by atoms with E-state index in [9.17, 15) is 27.2 Å². The number of rotatable bonds is 3. The van der Waals surface area contributed by atoms with Crippen LogP contribution in [-0.4, -0.2) is 23.0 Å². The van der Waals surface area contributed by atoms with Gasteiger partial charge in [0.05, 0.1) is 11.1 Å². The fraction of sp³-hybridized carbons (Fsp3) is 0.273. The summed E-state index contributed by atoms with van der Waals surface area (Å²) in [6.07, 6.45) is -4.93. The third-order valence-electron chi connectivity index (χ3n) is 2.27. The minimum Gasteiger partial charge on any atom is -0.480 e. The Kier molecular flexibility index (Phi) is 4.13. The number of aliphatic carboxylic acids is 1. The van der Waals surface area contributed by atoms with Crippen molar-refractivity contribution in [3.8, 4) is 0 Å². The first kappa shape index (κ1) is 14.9. The van der Waals surface area contributed by atoms with E-state index in [0.717, 1.165) is 19.1 Å². The molecule has 0 aliphatic carbocycles. The average molecular weight is 279 g/mol. The van der Waals surface area contributed by atoms with Crippen LogP contribution < -0.4 is 5.32 Å². The van der Waals surface area contributed by atoms with Gasteiger partial charge in [0.2, 0.25) is 0 Å². The van der Waals surface area contributed by atoms with E-state index in [1.54, 1.807) is 0 Å². The fourth-order valence-electron chi connectivity index (χ4n) is 1.26. The van der Waals surface area contributed by atoms with Crippen molar-refractivity contribution in [2.75, 3.05) is 0 Å². The van der Waals surface area contributed by atoms with E-state index in [2.05, 4.69) is 0 Å². The Morgan fingerprint density at radius 2 is 1.89 bits per heavy atom. The number of alkyl halides is 3. The van der Waals surface area contributed by atoms with Gasteiger partial charge in [-0.1, -0.05) is 6.07 Å². The Morgan fingerprint density at radius 3 is 2.37 bits per heavy atom. The maximum absolute atomic E-state index is 13.5. The predicted molar refractivity (Wildman–Crippen MR) is 56.0 cm³/mol. The number of hydrogen-bond donors (Lipinski definition) is 2. The lowest BCUT2D eigenvalue weighted by Gasteiger charge is -2.13. The summed E-state index contributed by atoms with van der Waals surface area (Å²) in [5, 5.41) is 10.4. The molecule has 19 heavy (non-hydrogen) atoms. The first-order valence-corrected chi connectivity index (χ1v) is 5.04. The average Bonchev–Trinajstić information content (AvgIpc) is 2.27. The molecule has 1 aromatic rings. The smallest absolute Gasteiger partial charge is 0.419 e. The van der Waals surface area contributed by atoms with E-state index in [1.807, 2.05) is 5.32 Å². The molecule has 2 N–H and O–H groups in total. The zero-order valence-electron chi connectivity index (χ0n) is 9.58. The lowest BCUT2D eigenvalue weighted by Crippen LogP contribution is -2.38. The van der Waals surface area contributed by atoms with Crippen LogP contribution >= 0.6 is 0 Å². The molecule has 0 spiro atoms. The van der Waals surface area contributed by atoms with Gasteiger partial charge in [-0.25, -0.2) is 4.39 Å². The summed E-state index contributed by atoms with van der Waals surface area (Å²) in [7, 11) is 0. The highest BCUT2D eigenvalue weighted by atomic mass is 19.4. The number of hydrogen-bond acceptors (Lipinski definition) is 2. The Balaban J connectivity index is 3.09. The number of carboxylic acids is 1. The maximum atomic E-state index is 13.5.